The highest BCUT2D eigenvalue weighted by atomic mass is 79.9. The van der Waals surface area contributed by atoms with Gasteiger partial charge >= 0.3 is 5.97 Å². The van der Waals surface area contributed by atoms with Gasteiger partial charge in [0.15, 0.2) is 5.69 Å². The lowest BCUT2D eigenvalue weighted by Crippen LogP contribution is -2.07. The zero-order valence-corrected chi connectivity index (χ0v) is 15.8. The van der Waals surface area contributed by atoms with E-state index in [9.17, 15) is 9.90 Å². The average Bonchev–Trinajstić information content (AvgIpc) is 3.04. The first-order chi connectivity index (χ1) is 13.1. The summed E-state index contributed by atoms with van der Waals surface area (Å²) in [4.78, 5) is 23.2. The third kappa shape index (κ3) is 3.13. The molecule has 3 heterocycles. The second-order valence-corrected chi connectivity index (χ2v) is 6.75. The van der Waals surface area contributed by atoms with Crippen LogP contribution < -0.4 is 4.74 Å². The Bertz CT molecular complexity index is 1160. The first kappa shape index (κ1) is 17.4. The molecular formula is C19H14BrN3O4. The highest BCUT2D eigenvalue weighted by Gasteiger charge is 2.20. The van der Waals surface area contributed by atoms with E-state index in [4.69, 9.17) is 9.47 Å². The van der Waals surface area contributed by atoms with Crippen molar-refractivity contribution in [2.75, 3.05) is 7.11 Å². The van der Waals surface area contributed by atoms with E-state index in [1.165, 1.54) is 13.3 Å². The average molecular weight is 428 g/mol. The molecule has 4 rings (SSSR count). The van der Waals surface area contributed by atoms with Crippen molar-refractivity contribution in [1.82, 2.24) is 15.0 Å². The van der Waals surface area contributed by atoms with Crippen LogP contribution in [-0.4, -0.2) is 33.1 Å². The fourth-order valence-electron chi connectivity index (χ4n) is 3.06. The number of pyridine rings is 2. The van der Waals surface area contributed by atoms with Crippen LogP contribution in [0.2, 0.25) is 0 Å². The Morgan fingerprint density at radius 2 is 2.00 bits per heavy atom. The minimum Gasteiger partial charge on any atom is -0.477 e. The number of H-pyrrole nitrogens is 1. The van der Waals surface area contributed by atoms with E-state index < -0.39 is 5.97 Å². The zero-order chi connectivity index (χ0) is 19.0. The van der Waals surface area contributed by atoms with E-state index in [-0.39, 0.29) is 12.3 Å². The molecule has 7 nitrogen and oxygen atoms in total. The van der Waals surface area contributed by atoms with Crippen LogP contribution >= 0.6 is 15.9 Å². The van der Waals surface area contributed by atoms with Crippen molar-refractivity contribution >= 4 is 43.7 Å². The van der Waals surface area contributed by atoms with Gasteiger partial charge in [-0.2, -0.15) is 0 Å². The number of carboxylic acids is 1. The number of carboxylic acid groups (broad SMARTS) is 1. The summed E-state index contributed by atoms with van der Waals surface area (Å²) in [5.74, 6) is -0.111. The van der Waals surface area contributed by atoms with Gasteiger partial charge in [-0.05, 0) is 34.1 Å². The van der Waals surface area contributed by atoms with Crippen LogP contribution in [0.1, 0.15) is 16.1 Å². The molecule has 0 aliphatic heterocycles. The Balaban J connectivity index is 1.98. The smallest absolute Gasteiger partial charge is 0.354 e. The molecule has 0 aliphatic carbocycles. The van der Waals surface area contributed by atoms with E-state index in [0.717, 1.165) is 15.4 Å². The molecule has 0 atom stereocenters. The van der Waals surface area contributed by atoms with E-state index >= 15 is 0 Å². The molecule has 0 fully saturated rings. The standard InChI is InChI=1S/C19H14BrN3O4/c1-26-9-11-16-13(8-22-18(11)19(24)25)23-12-3-2-4-14(17(12)16)27-15-6-5-10(20)7-21-15/h2-8,23H,9H2,1H3,(H,24,25). The van der Waals surface area contributed by atoms with Crippen molar-refractivity contribution in [1.29, 1.82) is 0 Å². The number of benzene rings is 1. The number of halogens is 1. The van der Waals surface area contributed by atoms with Crippen LogP contribution in [0, 0.1) is 0 Å². The first-order valence-electron chi connectivity index (χ1n) is 8.02. The highest BCUT2D eigenvalue weighted by molar-refractivity contribution is 9.10. The maximum atomic E-state index is 11.6. The lowest BCUT2D eigenvalue weighted by molar-refractivity contribution is 0.0685. The SMILES string of the molecule is COCc1c(C(=O)O)ncc2[nH]c3cccc(Oc4ccc(Br)cn4)c3c12. The summed E-state index contributed by atoms with van der Waals surface area (Å²) in [6.07, 6.45) is 3.16. The van der Waals surface area contributed by atoms with E-state index in [0.29, 0.717) is 28.1 Å². The van der Waals surface area contributed by atoms with Gasteiger partial charge in [-0.25, -0.2) is 14.8 Å². The minimum atomic E-state index is -1.11. The fourth-order valence-corrected chi connectivity index (χ4v) is 3.30. The number of hydrogen-bond acceptors (Lipinski definition) is 5. The van der Waals surface area contributed by atoms with Crippen molar-refractivity contribution in [3.05, 3.63) is 58.5 Å². The third-order valence-electron chi connectivity index (χ3n) is 4.13. The maximum Gasteiger partial charge on any atom is 0.354 e. The third-order valence-corrected chi connectivity index (χ3v) is 4.60. The molecule has 1 aromatic carbocycles. The first-order valence-corrected chi connectivity index (χ1v) is 8.81. The topological polar surface area (TPSA) is 97.3 Å². The Labute approximate surface area is 162 Å². The molecule has 27 heavy (non-hydrogen) atoms. The number of aromatic amines is 1. The van der Waals surface area contributed by atoms with Gasteiger partial charge in [0.2, 0.25) is 5.88 Å². The van der Waals surface area contributed by atoms with Gasteiger partial charge in [-0.15, -0.1) is 0 Å². The van der Waals surface area contributed by atoms with Crippen LogP contribution in [-0.2, 0) is 11.3 Å². The summed E-state index contributed by atoms with van der Waals surface area (Å²) in [6.45, 7) is 0.115. The summed E-state index contributed by atoms with van der Waals surface area (Å²) in [5.41, 5.74) is 1.97. The van der Waals surface area contributed by atoms with Crippen LogP contribution in [0.25, 0.3) is 21.8 Å². The second kappa shape index (κ2) is 6.98. The molecule has 0 amide bonds. The van der Waals surface area contributed by atoms with Crippen molar-refractivity contribution in [3.63, 3.8) is 0 Å². The summed E-state index contributed by atoms with van der Waals surface area (Å²) in [7, 11) is 1.52. The van der Waals surface area contributed by atoms with Crippen LogP contribution in [0.15, 0.2) is 47.2 Å². The number of nitrogens with zero attached hydrogens (tertiary/aromatic N) is 2. The quantitative estimate of drug-likeness (QED) is 0.486. The number of ether oxygens (including phenoxy) is 2. The van der Waals surface area contributed by atoms with E-state index in [1.807, 2.05) is 24.3 Å². The van der Waals surface area contributed by atoms with Crippen molar-refractivity contribution in [3.8, 4) is 11.6 Å². The molecule has 3 aromatic heterocycles. The molecule has 0 spiro atoms. The number of hydrogen-bond donors (Lipinski definition) is 2. The van der Waals surface area contributed by atoms with Gasteiger partial charge in [-0.3, -0.25) is 0 Å². The molecule has 0 unspecified atom stereocenters. The molecule has 4 aromatic rings. The lowest BCUT2D eigenvalue weighted by atomic mass is 10.1. The van der Waals surface area contributed by atoms with Crippen molar-refractivity contribution < 1.29 is 19.4 Å². The van der Waals surface area contributed by atoms with Gasteiger partial charge < -0.3 is 19.6 Å². The molecule has 136 valence electrons. The van der Waals surface area contributed by atoms with Gasteiger partial charge in [0.05, 0.1) is 29.2 Å². The Kier molecular flexibility index (Phi) is 4.51. The molecule has 0 radical (unpaired) electrons. The second-order valence-electron chi connectivity index (χ2n) is 5.83. The van der Waals surface area contributed by atoms with Gasteiger partial charge in [0, 0.05) is 34.8 Å². The summed E-state index contributed by atoms with van der Waals surface area (Å²) in [6, 6.07) is 9.15. The number of methoxy groups -OCH3 is 1. The molecule has 0 saturated heterocycles. The molecule has 0 bridgehead atoms. The van der Waals surface area contributed by atoms with E-state index in [1.54, 1.807) is 12.3 Å². The summed E-state index contributed by atoms with van der Waals surface area (Å²) in [5, 5.41) is 11.0. The molecular weight excluding hydrogens is 414 g/mol. The number of carbonyl (C=O) groups is 1. The Morgan fingerprint density at radius 3 is 2.70 bits per heavy atom. The molecule has 8 heteroatoms. The van der Waals surface area contributed by atoms with Crippen LogP contribution in [0.5, 0.6) is 11.6 Å². The lowest BCUT2D eigenvalue weighted by Gasteiger charge is -2.09. The summed E-state index contributed by atoms with van der Waals surface area (Å²) >= 11 is 3.35. The largest absolute Gasteiger partial charge is 0.477 e. The van der Waals surface area contributed by atoms with Gasteiger partial charge in [-0.1, -0.05) is 6.07 Å². The zero-order valence-electron chi connectivity index (χ0n) is 14.2. The normalized spacial score (nSPS) is 11.2. The fraction of sp³-hybridized carbons (Fsp3) is 0.105. The number of fused-ring (bicyclic) bond motifs is 3. The Morgan fingerprint density at radius 1 is 1.15 bits per heavy atom. The predicted molar refractivity (Wildman–Crippen MR) is 103 cm³/mol. The van der Waals surface area contributed by atoms with Crippen LogP contribution in [0.3, 0.4) is 0 Å². The van der Waals surface area contributed by atoms with Crippen molar-refractivity contribution in [2.45, 2.75) is 6.61 Å². The number of aromatic carboxylic acids is 1. The number of nitrogens with one attached hydrogen (secondary N) is 1. The van der Waals surface area contributed by atoms with Gasteiger partial charge in [0.25, 0.3) is 0 Å². The minimum absolute atomic E-state index is 0.0400. The Hall–Kier alpha value is -2.97. The van der Waals surface area contributed by atoms with Crippen LogP contribution in [0.4, 0.5) is 0 Å². The number of rotatable bonds is 5. The molecule has 2 N–H and O–H groups in total. The van der Waals surface area contributed by atoms with E-state index in [2.05, 4.69) is 30.9 Å². The van der Waals surface area contributed by atoms with Crippen molar-refractivity contribution in [2.24, 2.45) is 0 Å². The highest BCUT2D eigenvalue weighted by Crippen LogP contribution is 2.37. The maximum absolute atomic E-state index is 11.6. The summed E-state index contributed by atoms with van der Waals surface area (Å²) < 4.78 is 12.1. The number of aromatic nitrogens is 3. The van der Waals surface area contributed by atoms with Gasteiger partial charge in [0.1, 0.15) is 5.75 Å². The monoisotopic (exact) mass is 427 g/mol. The predicted octanol–water partition coefficient (Wildman–Crippen LogP) is 4.51. The molecule has 0 aliphatic rings. The molecule has 0 saturated carbocycles.